The molecule has 0 heterocycles. The van der Waals surface area contributed by atoms with E-state index in [1.54, 1.807) is 0 Å². The van der Waals surface area contributed by atoms with Crippen molar-refractivity contribution >= 4 is 11.5 Å². The molecule has 2 rings (SSSR count). The van der Waals surface area contributed by atoms with Crippen LogP contribution in [0.4, 0.5) is 5.69 Å². The second-order valence-electron chi connectivity index (χ2n) is 5.34. The monoisotopic (exact) mass is 277 g/mol. The van der Waals surface area contributed by atoms with Gasteiger partial charge in [-0.25, -0.2) is 0 Å². The van der Waals surface area contributed by atoms with Crippen molar-refractivity contribution in [1.82, 2.24) is 0 Å². The first kappa shape index (κ1) is 14.7. The molecule has 20 heavy (non-hydrogen) atoms. The summed E-state index contributed by atoms with van der Waals surface area (Å²) < 4.78 is 5.71. The summed E-state index contributed by atoms with van der Waals surface area (Å²) >= 11 is 0. The van der Waals surface area contributed by atoms with Crippen molar-refractivity contribution in [2.45, 2.75) is 38.7 Å². The predicted molar refractivity (Wildman–Crippen MR) is 74.8 cm³/mol. The first-order valence-electron chi connectivity index (χ1n) is 6.97. The summed E-state index contributed by atoms with van der Waals surface area (Å²) in [6.45, 7) is 2.20. The topological polar surface area (TPSA) is 69.4 Å². The number of ketones is 1. The van der Waals surface area contributed by atoms with Gasteiger partial charge in [0.2, 0.25) is 0 Å². The first-order valence-corrected chi connectivity index (χ1v) is 6.97. The summed E-state index contributed by atoms with van der Waals surface area (Å²) in [5, 5.41) is 10.5. The molecule has 0 amide bonds. The van der Waals surface area contributed by atoms with E-state index in [1.807, 2.05) is 0 Å². The van der Waals surface area contributed by atoms with Crippen LogP contribution in [0.25, 0.3) is 0 Å². The van der Waals surface area contributed by atoms with Gasteiger partial charge < -0.3 is 4.74 Å². The molecule has 2 atom stereocenters. The van der Waals surface area contributed by atoms with Gasteiger partial charge in [-0.3, -0.25) is 14.9 Å². The number of nitro benzene ring substituents is 1. The largest absolute Gasteiger partial charge is 0.370 e. The molecule has 0 aliphatic heterocycles. The molecular formula is C15H19NO4. The van der Waals surface area contributed by atoms with Crippen molar-refractivity contribution in [3.05, 3.63) is 39.9 Å². The van der Waals surface area contributed by atoms with E-state index < -0.39 is 4.92 Å². The van der Waals surface area contributed by atoms with Crippen molar-refractivity contribution in [1.29, 1.82) is 0 Å². The lowest BCUT2D eigenvalue weighted by atomic mass is 9.88. The van der Waals surface area contributed by atoms with E-state index in [4.69, 9.17) is 4.74 Å². The van der Waals surface area contributed by atoms with Crippen LogP contribution in [0, 0.1) is 16.0 Å². The molecular weight excluding hydrogens is 258 g/mol. The van der Waals surface area contributed by atoms with Crippen molar-refractivity contribution in [3.8, 4) is 0 Å². The molecule has 5 heteroatoms. The number of Topliss-reactive ketones (excluding diaryl/α,β-unsaturated/α-hetero) is 1. The Kier molecular flexibility index (Phi) is 4.84. The molecule has 108 valence electrons. The Balaban J connectivity index is 1.89. The summed E-state index contributed by atoms with van der Waals surface area (Å²) in [6.07, 6.45) is 4.70. The highest BCUT2D eigenvalue weighted by atomic mass is 16.6. The van der Waals surface area contributed by atoms with Crippen molar-refractivity contribution in [2.75, 3.05) is 6.61 Å². The van der Waals surface area contributed by atoms with Crippen LogP contribution in [0.15, 0.2) is 24.3 Å². The zero-order valence-electron chi connectivity index (χ0n) is 11.6. The van der Waals surface area contributed by atoms with Gasteiger partial charge in [0.1, 0.15) is 6.61 Å². The third-order valence-electron chi connectivity index (χ3n) is 3.86. The molecule has 0 saturated heterocycles. The Labute approximate surface area is 118 Å². The molecule has 0 spiro atoms. The maximum atomic E-state index is 12.0. The van der Waals surface area contributed by atoms with Crippen LogP contribution < -0.4 is 0 Å². The van der Waals surface area contributed by atoms with Crippen LogP contribution in [0.5, 0.6) is 0 Å². The van der Waals surface area contributed by atoms with E-state index in [0.717, 1.165) is 19.3 Å². The number of carbonyl (C=O) groups is 1. The molecule has 5 nitrogen and oxygen atoms in total. The lowest BCUT2D eigenvalue weighted by molar-refractivity contribution is -0.384. The highest BCUT2D eigenvalue weighted by Crippen LogP contribution is 2.26. The van der Waals surface area contributed by atoms with E-state index in [1.165, 1.54) is 30.7 Å². The number of nitro groups is 1. The van der Waals surface area contributed by atoms with Gasteiger partial charge in [0.05, 0.1) is 11.0 Å². The second-order valence-corrected chi connectivity index (χ2v) is 5.34. The van der Waals surface area contributed by atoms with Crippen LogP contribution in [-0.2, 0) is 4.74 Å². The number of benzene rings is 1. The van der Waals surface area contributed by atoms with Gasteiger partial charge in [-0.1, -0.05) is 19.8 Å². The Hall–Kier alpha value is -1.75. The van der Waals surface area contributed by atoms with Crippen LogP contribution in [0.3, 0.4) is 0 Å². The highest BCUT2D eigenvalue weighted by Gasteiger charge is 2.22. The van der Waals surface area contributed by atoms with Crippen LogP contribution in [-0.4, -0.2) is 23.4 Å². The zero-order chi connectivity index (χ0) is 14.5. The smallest absolute Gasteiger partial charge is 0.269 e. The fourth-order valence-electron chi connectivity index (χ4n) is 2.56. The molecule has 0 aromatic heterocycles. The third kappa shape index (κ3) is 3.63. The molecule has 1 aromatic carbocycles. The number of hydrogen-bond donors (Lipinski definition) is 0. The summed E-state index contributed by atoms with van der Waals surface area (Å²) in [7, 11) is 0. The summed E-state index contributed by atoms with van der Waals surface area (Å²) in [5.41, 5.74) is 0.447. The van der Waals surface area contributed by atoms with Crippen LogP contribution in [0.2, 0.25) is 0 Å². The minimum atomic E-state index is -0.478. The molecule has 1 aliphatic rings. The Morgan fingerprint density at radius 2 is 1.95 bits per heavy atom. The number of ether oxygens (including phenoxy) is 1. The van der Waals surface area contributed by atoms with E-state index in [2.05, 4.69) is 6.92 Å². The molecule has 1 aliphatic carbocycles. The average Bonchev–Trinajstić information content (AvgIpc) is 2.46. The quantitative estimate of drug-likeness (QED) is 0.470. The Bertz CT molecular complexity index is 483. The number of non-ortho nitro benzene ring substituents is 1. The van der Waals surface area contributed by atoms with E-state index >= 15 is 0 Å². The molecule has 1 saturated carbocycles. The number of nitrogens with zero attached hydrogens (tertiary/aromatic N) is 1. The van der Waals surface area contributed by atoms with Crippen molar-refractivity contribution < 1.29 is 14.5 Å². The molecule has 1 fully saturated rings. The highest BCUT2D eigenvalue weighted by molar-refractivity contribution is 5.97. The summed E-state index contributed by atoms with van der Waals surface area (Å²) in [6, 6.07) is 5.65. The summed E-state index contributed by atoms with van der Waals surface area (Å²) in [4.78, 5) is 22.0. The van der Waals surface area contributed by atoms with Gasteiger partial charge >= 0.3 is 0 Å². The molecule has 2 unspecified atom stereocenters. The lowest BCUT2D eigenvalue weighted by Gasteiger charge is -2.28. The van der Waals surface area contributed by atoms with Crippen LogP contribution in [0.1, 0.15) is 43.0 Å². The molecule has 1 aromatic rings. The normalized spacial score (nSPS) is 22.4. The van der Waals surface area contributed by atoms with E-state index in [9.17, 15) is 14.9 Å². The second kappa shape index (κ2) is 6.61. The van der Waals surface area contributed by atoms with Gasteiger partial charge in [-0.2, -0.15) is 0 Å². The molecule has 0 radical (unpaired) electrons. The van der Waals surface area contributed by atoms with Gasteiger partial charge in [-0.05, 0) is 30.9 Å². The van der Waals surface area contributed by atoms with Gasteiger partial charge in [0.15, 0.2) is 5.78 Å². The van der Waals surface area contributed by atoms with Crippen molar-refractivity contribution in [3.63, 3.8) is 0 Å². The fraction of sp³-hybridized carbons (Fsp3) is 0.533. The average molecular weight is 277 g/mol. The van der Waals surface area contributed by atoms with Gasteiger partial charge in [-0.15, -0.1) is 0 Å². The van der Waals surface area contributed by atoms with E-state index in [-0.39, 0.29) is 24.2 Å². The summed E-state index contributed by atoms with van der Waals surface area (Å²) in [5.74, 6) is 0.367. The Morgan fingerprint density at radius 3 is 2.55 bits per heavy atom. The van der Waals surface area contributed by atoms with E-state index in [0.29, 0.717) is 11.5 Å². The van der Waals surface area contributed by atoms with Gasteiger partial charge in [0.25, 0.3) is 5.69 Å². The van der Waals surface area contributed by atoms with Crippen LogP contribution >= 0.6 is 0 Å². The first-order chi connectivity index (χ1) is 9.58. The lowest BCUT2D eigenvalue weighted by Crippen LogP contribution is -2.27. The maximum absolute atomic E-state index is 12.0. The number of hydrogen-bond acceptors (Lipinski definition) is 4. The number of carbonyl (C=O) groups excluding carboxylic acids is 1. The fourth-order valence-corrected chi connectivity index (χ4v) is 2.56. The minimum Gasteiger partial charge on any atom is -0.370 e. The van der Waals surface area contributed by atoms with Gasteiger partial charge in [0, 0.05) is 17.7 Å². The standard InChI is InChI=1S/C15H19NO4/c1-11-4-2-3-5-15(11)20-10-14(17)12-6-8-13(9-7-12)16(18)19/h6-9,11,15H,2-5,10H2,1H3. The third-order valence-corrected chi connectivity index (χ3v) is 3.86. The minimum absolute atomic E-state index is 0.0108. The molecule has 0 bridgehead atoms. The van der Waals surface area contributed by atoms with Crippen molar-refractivity contribution in [2.24, 2.45) is 5.92 Å². The maximum Gasteiger partial charge on any atom is 0.269 e. The SMILES string of the molecule is CC1CCCCC1OCC(=O)c1ccc([N+](=O)[O-])cc1. The number of rotatable bonds is 5. The zero-order valence-corrected chi connectivity index (χ0v) is 11.6. The molecule has 0 N–H and O–H groups in total. The Morgan fingerprint density at radius 1 is 1.30 bits per heavy atom. The predicted octanol–water partition coefficient (Wildman–Crippen LogP) is 3.37.